The molecule has 0 aliphatic rings. The fourth-order valence-electron chi connectivity index (χ4n) is 1.62. The van der Waals surface area contributed by atoms with Crippen molar-refractivity contribution in [3.05, 3.63) is 43.4 Å². The van der Waals surface area contributed by atoms with Crippen molar-refractivity contribution in [2.45, 2.75) is 20.3 Å². The summed E-state index contributed by atoms with van der Waals surface area (Å²) < 4.78 is 1.17. The zero-order valence-corrected chi connectivity index (χ0v) is 13.1. The highest BCUT2D eigenvalue weighted by Gasteiger charge is 2.08. The van der Waals surface area contributed by atoms with Gasteiger partial charge >= 0.3 is 0 Å². The van der Waals surface area contributed by atoms with Gasteiger partial charge in [-0.05, 0) is 60.2 Å². The van der Waals surface area contributed by atoms with Crippen molar-refractivity contribution in [1.29, 1.82) is 0 Å². The van der Waals surface area contributed by atoms with Crippen LogP contribution in [0.2, 0.25) is 0 Å². The van der Waals surface area contributed by atoms with E-state index in [9.17, 15) is 4.79 Å². The second-order valence-electron chi connectivity index (χ2n) is 4.04. The molecule has 0 spiro atoms. The number of nitrogens with one attached hydrogen (secondary N) is 1. The van der Waals surface area contributed by atoms with E-state index >= 15 is 0 Å². The number of nitrogens with zero attached hydrogens (tertiary/aromatic N) is 1. The van der Waals surface area contributed by atoms with Crippen LogP contribution in [0.5, 0.6) is 0 Å². The summed E-state index contributed by atoms with van der Waals surface area (Å²) in [6.45, 7) is 3.93. The van der Waals surface area contributed by atoms with Gasteiger partial charge < -0.3 is 5.32 Å². The predicted octanol–water partition coefficient (Wildman–Crippen LogP) is 3.55. The Morgan fingerprint density at radius 3 is 2.83 bits per heavy atom. The molecule has 1 aromatic heterocycles. The summed E-state index contributed by atoms with van der Waals surface area (Å²) >= 11 is 3.82. The van der Waals surface area contributed by atoms with Crippen LogP contribution in [0, 0.1) is 17.4 Å². The van der Waals surface area contributed by atoms with Crippen molar-refractivity contribution in [2.75, 3.05) is 5.32 Å². The van der Waals surface area contributed by atoms with E-state index in [0.717, 1.165) is 22.0 Å². The van der Waals surface area contributed by atoms with Gasteiger partial charge in [-0.3, -0.25) is 4.79 Å². The quantitative estimate of drug-likeness (QED) is 0.838. The van der Waals surface area contributed by atoms with Crippen LogP contribution in [-0.4, -0.2) is 10.9 Å². The Labute approximate surface area is 124 Å². The Balaban J connectivity index is 2.03. The molecule has 94 valence electrons. The largest absolute Gasteiger partial charge is 0.326 e. The van der Waals surface area contributed by atoms with Crippen LogP contribution in [0.15, 0.2) is 23.6 Å². The Kier molecular flexibility index (Phi) is 4.34. The number of halogens is 1. The lowest BCUT2D eigenvalue weighted by Gasteiger charge is -2.07. The number of hydrogen-bond acceptors (Lipinski definition) is 3. The number of carbonyl (C=O) groups is 1. The smallest absolute Gasteiger partial charge is 0.230 e. The van der Waals surface area contributed by atoms with Crippen molar-refractivity contribution in [3.63, 3.8) is 0 Å². The van der Waals surface area contributed by atoms with E-state index in [1.54, 1.807) is 11.3 Å². The summed E-state index contributed by atoms with van der Waals surface area (Å²) in [6.07, 6.45) is 0.329. The fourth-order valence-corrected chi connectivity index (χ4v) is 2.88. The van der Waals surface area contributed by atoms with Crippen molar-refractivity contribution < 1.29 is 4.79 Å². The number of rotatable bonds is 3. The molecule has 0 saturated heterocycles. The van der Waals surface area contributed by atoms with Crippen molar-refractivity contribution in [1.82, 2.24) is 4.98 Å². The number of carbonyl (C=O) groups excluding carboxylic acids is 1. The lowest BCUT2D eigenvalue weighted by Crippen LogP contribution is -2.15. The van der Waals surface area contributed by atoms with Crippen LogP contribution >= 0.6 is 33.9 Å². The Morgan fingerprint density at radius 1 is 1.44 bits per heavy atom. The first-order valence-electron chi connectivity index (χ1n) is 5.51. The standard InChI is InChI=1S/C13H13IN2OS/c1-8-5-10(14)3-4-12(8)16-13(17)6-11-7-18-9(2)15-11/h3-5,7H,6H2,1-2H3,(H,16,17). The third-order valence-corrected chi connectivity index (χ3v) is 3.96. The molecule has 2 rings (SSSR count). The number of hydrogen-bond donors (Lipinski definition) is 1. The average molecular weight is 372 g/mol. The highest BCUT2D eigenvalue weighted by Crippen LogP contribution is 2.18. The lowest BCUT2D eigenvalue weighted by atomic mass is 10.2. The van der Waals surface area contributed by atoms with Crippen LogP contribution in [0.1, 0.15) is 16.3 Å². The van der Waals surface area contributed by atoms with Crippen LogP contribution in [0.3, 0.4) is 0 Å². The topological polar surface area (TPSA) is 42.0 Å². The number of anilines is 1. The number of benzene rings is 1. The third kappa shape index (κ3) is 3.52. The maximum atomic E-state index is 11.9. The van der Waals surface area contributed by atoms with Gasteiger partial charge in [0.05, 0.1) is 17.1 Å². The first-order valence-corrected chi connectivity index (χ1v) is 7.47. The third-order valence-electron chi connectivity index (χ3n) is 2.47. The number of amides is 1. The minimum absolute atomic E-state index is 0.0235. The maximum Gasteiger partial charge on any atom is 0.230 e. The Morgan fingerprint density at radius 2 is 2.22 bits per heavy atom. The van der Waals surface area contributed by atoms with Gasteiger partial charge in [0.25, 0.3) is 0 Å². The molecule has 0 aliphatic heterocycles. The molecule has 1 amide bonds. The second kappa shape index (κ2) is 5.79. The SMILES string of the molecule is Cc1nc(CC(=O)Nc2ccc(I)cc2C)cs1. The predicted molar refractivity (Wildman–Crippen MR) is 83.1 cm³/mol. The summed E-state index contributed by atoms with van der Waals surface area (Å²) in [7, 11) is 0. The number of aromatic nitrogens is 1. The van der Waals surface area contributed by atoms with Gasteiger partial charge in [0.1, 0.15) is 0 Å². The molecular weight excluding hydrogens is 359 g/mol. The highest BCUT2D eigenvalue weighted by molar-refractivity contribution is 14.1. The molecule has 1 heterocycles. The molecule has 0 radical (unpaired) electrons. The first kappa shape index (κ1) is 13.5. The monoisotopic (exact) mass is 372 g/mol. The van der Waals surface area contributed by atoms with Crippen molar-refractivity contribution >= 4 is 45.5 Å². The Hall–Kier alpha value is -0.950. The van der Waals surface area contributed by atoms with E-state index in [1.807, 2.05) is 37.4 Å². The van der Waals surface area contributed by atoms with Gasteiger partial charge in [0.15, 0.2) is 0 Å². The number of aryl methyl sites for hydroxylation is 2. The molecule has 0 fully saturated rings. The molecule has 0 bridgehead atoms. The molecule has 1 N–H and O–H groups in total. The van der Waals surface area contributed by atoms with Crippen LogP contribution < -0.4 is 5.32 Å². The van der Waals surface area contributed by atoms with Crippen LogP contribution in [-0.2, 0) is 11.2 Å². The zero-order chi connectivity index (χ0) is 13.1. The van der Waals surface area contributed by atoms with Gasteiger partial charge in [0.2, 0.25) is 5.91 Å². The summed E-state index contributed by atoms with van der Waals surface area (Å²) in [6, 6.07) is 5.96. The summed E-state index contributed by atoms with van der Waals surface area (Å²) in [5.74, 6) is -0.0235. The van der Waals surface area contributed by atoms with E-state index in [1.165, 1.54) is 3.57 Å². The Bertz CT molecular complexity index is 580. The molecule has 0 saturated carbocycles. The first-order chi connectivity index (χ1) is 8.54. The fraction of sp³-hybridized carbons (Fsp3) is 0.231. The van der Waals surface area contributed by atoms with Crippen LogP contribution in [0.25, 0.3) is 0 Å². The van der Waals surface area contributed by atoms with Crippen molar-refractivity contribution in [3.8, 4) is 0 Å². The lowest BCUT2D eigenvalue weighted by molar-refractivity contribution is -0.115. The average Bonchev–Trinajstić information content (AvgIpc) is 2.68. The molecule has 18 heavy (non-hydrogen) atoms. The number of thiazole rings is 1. The van der Waals surface area contributed by atoms with Crippen molar-refractivity contribution in [2.24, 2.45) is 0 Å². The molecule has 0 atom stereocenters. The molecule has 0 unspecified atom stereocenters. The van der Waals surface area contributed by atoms with Crippen LogP contribution in [0.4, 0.5) is 5.69 Å². The van der Waals surface area contributed by atoms with E-state index in [-0.39, 0.29) is 5.91 Å². The normalized spacial score (nSPS) is 10.4. The highest BCUT2D eigenvalue weighted by atomic mass is 127. The summed E-state index contributed by atoms with van der Waals surface area (Å²) in [5.41, 5.74) is 2.77. The summed E-state index contributed by atoms with van der Waals surface area (Å²) in [4.78, 5) is 16.2. The van der Waals surface area contributed by atoms with E-state index in [4.69, 9.17) is 0 Å². The van der Waals surface area contributed by atoms with Gasteiger partial charge in [-0.2, -0.15) is 0 Å². The maximum absolute atomic E-state index is 11.9. The van der Waals surface area contributed by atoms with E-state index in [2.05, 4.69) is 32.9 Å². The summed E-state index contributed by atoms with van der Waals surface area (Å²) in [5, 5.41) is 5.83. The zero-order valence-electron chi connectivity index (χ0n) is 10.2. The van der Waals surface area contributed by atoms with Gasteiger partial charge in [-0.1, -0.05) is 0 Å². The minimum atomic E-state index is -0.0235. The van der Waals surface area contributed by atoms with E-state index < -0.39 is 0 Å². The van der Waals surface area contributed by atoms with Gasteiger partial charge in [0, 0.05) is 14.6 Å². The van der Waals surface area contributed by atoms with E-state index in [0.29, 0.717) is 6.42 Å². The molecule has 3 nitrogen and oxygen atoms in total. The van der Waals surface area contributed by atoms with Gasteiger partial charge in [-0.15, -0.1) is 11.3 Å². The molecule has 0 aliphatic carbocycles. The molecule has 1 aromatic carbocycles. The molecule has 5 heteroatoms. The van der Waals surface area contributed by atoms with Gasteiger partial charge in [-0.25, -0.2) is 4.98 Å². The second-order valence-corrected chi connectivity index (χ2v) is 6.35. The minimum Gasteiger partial charge on any atom is -0.326 e. The molecule has 2 aromatic rings. The molecular formula is C13H13IN2OS.